The molecule has 4 nitrogen and oxygen atoms in total. The molecular formula is C12H24N2O2. The van der Waals surface area contributed by atoms with Crippen LogP contribution in [-0.2, 0) is 4.79 Å². The van der Waals surface area contributed by atoms with Gasteiger partial charge < -0.3 is 15.7 Å². The number of rotatable bonds is 5. The fourth-order valence-corrected chi connectivity index (χ4v) is 2.08. The molecule has 0 aliphatic heterocycles. The van der Waals surface area contributed by atoms with Crippen molar-refractivity contribution in [2.24, 2.45) is 17.6 Å². The van der Waals surface area contributed by atoms with Gasteiger partial charge in [-0.3, -0.25) is 4.79 Å². The smallest absolute Gasteiger partial charge is 0.239 e. The Balaban J connectivity index is 2.35. The van der Waals surface area contributed by atoms with Crippen LogP contribution in [0.15, 0.2) is 0 Å². The Morgan fingerprint density at radius 1 is 1.56 bits per heavy atom. The van der Waals surface area contributed by atoms with Gasteiger partial charge in [0.1, 0.15) is 0 Å². The summed E-state index contributed by atoms with van der Waals surface area (Å²) < 4.78 is 0. The van der Waals surface area contributed by atoms with E-state index in [0.29, 0.717) is 5.92 Å². The zero-order valence-electron chi connectivity index (χ0n) is 10.5. The van der Waals surface area contributed by atoms with Crippen LogP contribution in [0.1, 0.15) is 33.1 Å². The molecule has 1 aliphatic rings. The molecule has 94 valence electrons. The van der Waals surface area contributed by atoms with Crippen molar-refractivity contribution in [3.8, 4) is 0 Å². The van der Waals surface area contributed by atoms with E-state index in [2.05, 4.69) is 0 Å². The van der Waals surface area contributed by atoms with Gasteiger partial charge in [0, 0.05) is 13.6 Å². The molecule has 0 spiro atoms. The van der Waals surface area contributed by atoms with E-state index in [-0.39, 0.29) is 24.0 Å². The summed E-state index contributed by atoms with van der Waals surface area (Å²) in [6, 6.07) is -0.389. The third-order valence-corrected chi connectivity index (χ3v) is 3.66. The molecule has 0 radical (unpaired) electrons. The lowest BCUT2D eigenvalue weighted by atomic mass is 9.82. The van der Waals surface area contributed by atoms with E-state index < -0.39 is 0 Å². The van der Waals surface area contributed by atoms with Gasteiger partial charge in [0.15, 0.2) is 0 Å². The lowest BCUT2D eigenvalue weighted by molar-refractivity contribution is -0.134. The maximum Gasteiger partial charge on any atom is 0.239 e. The van der Waals surface area contributed by atoms with Crippen molar-refractivity contribution < 1.29 is 9.90 Å². The van der Waals surface area contributed by atoms with Crippen molar-refractivity contribution in [2.75, 3.05) is 13.6 Å². The number of hydrogen-bond donors (Lipinski definition) is 2. The first-order valence-electron chi connectivity index (χ1n) is 6.14. The van der Waals surface area contributed by atoms with Crippen molar-refractivity contribution in [2.45, 2.75) is 45.3 Å². The first-order chi connectivity index (χ1) is 7.45. The highest BCUT2D eigenvalue weighted by Crippen LogP contribution is 2.27. The normalized spacial score (nSPS) is 28.1. The standard InChI is InChI=1S/C12H24N2O2/c1-4-8(2)11(13)12(16)14(3)7-9-5-10(15)6-9/h8-11,15H,4-7,13H2,1-3H3/t8?,9?,10?,11-/m0/s1. The summed E-state index contributed by atoms with van der Waals surface area (Å²) in [5, 5.41) is 9.18. The monoisotopic (exact) mass is 228 g/mol. The van der Waals surface area contributed by atoms with Gasteiger partial charge in [-0.1, -0.05) is 20.3 Å². The third-order valence-electron chi connectivity index (χ3n) is 3.66. The lowest BCUT2D eigenvalue weighted by Gasteiger charge is -2.35. The summed E-state index contributed by atoms with van der Waals surface area (Å²) in [4.78, 5) is 13.7. The van der Waals surface area contributed by atoms with E-state index in [1.165, 1.54) is 0 Å². The Labute approximate surface area is 97.8 Å². The third kappa shape index (κ3) is 3.19. The van der Waals surface area contributed by atoms with Crippen molar-refractivity contribution in [1.82, 2.24) is 4.90 Å². The van der Waals surface area contributed by atoms with Crippen LogP contribution in [0.25, 0.3) is 0 Å². The Kier molecular flexibility index (Phi) is 4.74. The fraction of sp³-hybridized carbons (Fsp3) is 0.917. The van der Waals surface area contributed by atoms with Gasteiger partial charge in [-0.25, -0.2) is 0 Å². The van der Waals surface area contributed by atoms with Crippen molar-refractivity contribution in [3.05, 3.63) is 0 Å². The van der Waals surface area contributed by atoms with E-state index in [1.807, 2.05) is 13.8 Å². The second-order valence-corrected chi connectivity index (χ2v) is 5.12. The SMILES string of the molecule is CCC(C)[C@H](N)C(=O)N(C)CC1CC(O)C1. The van der Waals surface area contributed by atoms with Gasteiger partial charge in [0.05, 0.1) is 12.1 Å². The average Bonchev–Trinajstić information content (AvgIpc) is 2.23. The molecule has 4 heteroatoms. The van der Waals surface area contributed by atoms with Gasteiger partial charge in [-0.2, -0.15) is 0 Å². The second-order valence-electron chi connectivity index (χ2n) is 5.12. The van der Waals surface area contributed by atoms with Gasteiger partial charge in [0.2, 0.25) is 5.91 Å². The number of amides is 1. The molecule has 0 saturated heterocycles. The summed E-state index contributed by atoms with van der Waals surface area (Å²) in [6.07, 6.45) is 2.40. The molecule has 1 saturated carbocycles. The Morgan fingerprint density at radius 3 is 2.56 bits per heavy atom. The van der Waals surface area contributed by atoms with E-state index in [0.717, 1.165) is 25.8 Å². The summed E-state index contributed by atoms with van der Waals surface area (Å²) in [5.41, 5.74) is 5.89. The van der Waals surface area contributed by atoms with Crippen LogP contribution in [-0.4, -0.2) is 41.7 Å². The van der Waals surface area contributed by atoms with Crippen LogP contribution >= 0.6 is 0 Å². The molecule has 1 fully saturated rings. The largest absolute Gasteiger partial charge is 0.393 e. The molecule has 1 unspecified atom stereocenters. The highest BCUT2D eigenvalue weighted by molar-refractivity contribution is 5.81. The average molecular weight is 228 g/mol. The molecule has 1 amide bonds. The Morgan fingerprint density at radius 2 is 2.12 bits per heavy atom. The van der Waals surface area contributed by atoms with Crippen LogP contribution in [0.2, 0.25) is 0 Å². The molecular weight excluding hydrogens is 204 g/mol. The summed E-state index contributed by atoms with van der Waals surface area (Å²) in [6.45, 7) is 4.77. The molecule has 16 heavy (non-hydrogen) atoms. The molecule has 0 bridgehead atoms. The van der Waals surface area contributed by atoms with Crippen LogP contribution in [0.4, 0.5) is 0 Å². The molecule has 0 aromatic carbocycles. The van der Waals surface area contributed by atoms with E-state index in [1.54, 1.807) is 11.9 Å². The predicted molar refractivity (Wildman–Crippen MR) is 63.8 cm³/mol. The number of nitrogens with zero attached hydrogens (tertiary/aromatic N) is 1. The second kappa shape index (κ2) is 5.64. The van der Waals surface area contributed by atoms with Gasteiger partial charge >= 0.3 is 0 Å². The first-order valence-corrected chi connectivity index (χ1v) is 6.14. The number of carbonyl (C=O) groups is 1. The van der Waals surface area contributed by atoms with Crippen molar-refractivity contribution in [1.29, 1.82) is 0 Å². The number of nitrogens with two attached hydrogens (primary N) is 1. The number of hydrogen-bond acceptors (Lipinski definition) is 3. The zero-order valence-corrected chi connectivity index (χ0v) is 10.5. The molecule has 0 aromatic rings. The molecule has 3 N–H and O–H groups in total. The van der Waals surface area contributed by atoms with Gasteiger partial charge in [0.25, 0.3) is 0 Å². The van der Waals surface area contributed by atoms with Crippen LogP contribution in [0.5, 0.6) is 0 Å². The molecule has 0 aromatic heterocycles. The highest BCUT2D eigenvalue weighted by atomic mass is 16.3. The number of carbonyl (C=O) groups excluding carboxylic acids is 1. The molecule has 1 rings (SSSR count). The predicted octanol–water partition coefficient (Wildman–Crippen LogP) is 0.589. The molecule has 0 heterocycles. The van der Waals surface area contributed by atoms with E-state index in [9.17, 15) is 9.90 Å². The minimum absolute atomic E-state index is 0.0238. The molecule has 1 aliphatic carbocycles. The van der Waals surface area contributed by atoms with Crippen molar-refractivity contribution in [3.63, 3.8) is 0 Å². The topological polar surface area (TPSA) is 66.6 Å². The van der Waals surface area contributed by atoms with Crippen LogP contribution < -0.4 is 5.73 Å². The Hall–Kier alpha value is -0.610. The summed E-state index contributed by atoms with van der Waals surface area (Å²) in [5.74, 6) is 0.700. The number of likely N-dealkylation sites (N-methyl/N-ethyl adjacent to an activating group) is 1. The van der Waals surface area contributed by atoms with Gasteiger partial charge in [-0.15, -0.1) is 0 Å². The first kappa shape index (κ1) is 13.5. The van der Waals surface area contributed by atoms with Gasteiger partial charge in [-0.05, 0) is 24.7 Å². The van der Waals surface area contributed by atoms with Crippen LogP contribution in [0.3, 0.4) is 0 Å². The zero-order chi connectivity index (χ0) is 12.3. The van der Waals surface area contributed by atoms with E-state index in [4.69, 9.17) is 5.73 Å². The minimum Gasteiger partial charge on any atom is -0.393 e. The quantitative estimate of drug-likeness (QED) is 0.723. The summed E-state index contributed by atoms with van der Waals surface area (Å²) >= 11 is 0. The fourth-order valence-electron chi connectivity index (χ4n) is 2.08. The maximum absolute atomic E-state index is 11.9. The van der Waals surface area contributed by atoms with Crippen LogP contribution in [0, 0.1) is 11.8 Å². The molecule has 2 atom stereocenters. The summed E-state index contributed by atoms with van der Waals surface area (Å²) in [7, 11) is 1.80. The van der Waals surface area contributed by atoms with E-state index >= 15 is 0 Å². The maximum atomic E-state index is 11.9. The minimum atomic E-state index is -0.389. The number of aliphatic hydroxyl groups is 1. The number of aliphatic hydroxyl groups excluding tert-OH is 1. The lowest BCUT2D eigenvalue weighted by Crippen LogP contribution is -2.48. The van der Waals surface area contributed by atoms with Crippen molar-refractivity contribution >= 4 is 5.91 Å². The Bertz CT molecular complexity index is 239. The highest BCUT2D eigenvalue weighted by Gasteiger charge is 2.30.